The third-order valence-electron chi connectivity index (χ3n) is 5.68. The standard InChI is InChI=1S/C15H24/c1-11-9-15-7-4-6-14(3,10-15)8-5-13(15)12(11)2/h5,11-12H,4,6-10H2,1-3H3. The molecule has 0 heterocycles. The van der Waals surface area contributed by atoms with Crippen LogP contribution in [0.25, 0.3) is 0 Å². The number of hydrogen-bond acceptors (Lipinski definition) is 0. The van der Waals surface area contributed by atoms with Crippen molar-refractivity contribution in [2.45, 2.75) is 59.3 Å². The Morgan fingerprint density at radius 2 is 2.07 bits per heavy atom. The highest BCUT2D eigenvalue weighted by Gasteiger charge is 2.52. The van der Waals surface area contributed by atoms with Crippen molar-refractivity contribution in [1.82, 2.24) is 0 Å². The van der Waals surface area contributed by atoms with Crippen molar-refractivity contribution >= 4 is 0 Å². The quantitative estimate of drug-likeness (QED) is 0.507. The van der Waals surface area contributed by atoms with Crippen molar-refractivity contribution in [1.29, 1.82) is 0 Å². The minimum Gasteiger partial charge on any atom is -0.0839 e. The molecule has 4 atom stereocenters. The normalized spacial score (nSPS) is 53.7. The maximum atomic E-state index is 2.64. The summed E-state index contributed by atoms with van der Waals surface area (Å²) in [5.41, 5.74) is 3.17. The third-order valence-corrected chi connectivity index (χ3v) is 5.68. The monoisotopic (exact) mass is 204 g/mol. The van der Waals surface area contributed by atoms with E-state index in [-0.39, 0.29) is 0 Å². The minimum absolute atomic E-state index is 0.657. The summed E-state index contributed by atoms with van der Waals surface area (Å²) >= 11 is 0. The first-order valence-electron chi connectivity index (χ1n) is 6.75. The van der Waals surface area contributed by atoms with Gasteiger partial charge in [0.05, 0.1) is 0 Å². The molecule has 0 nitrogen and oxygen atoms in total. The molecule has 84 valence electrons. The van der Waals surface area contributed by atoms with Gasteiger partial charge in [-0.15, -0.1) is 0 Å². The topological polar surface area (TPSA) is 0 Å². The second kappa shape index (κ2) is 2.90. The van der Waals surface area contributed by atoms with Gasteiger partial charge in [-0.2, -0.15) is 0 Å². The molecule has 4 unspecified atom stereocenters. The fraction of sp³-hybridized carbons (Fsp3) is 0.867. The van der Waals surface area contributed by atoms with Crippen LogP contribution in [0.5, 0.6) is 0 Å². The van der Waals surface area contributed by atoms with Crippen LogP contribution < -0.4 is 0 Å². The van der Waals surface area contributed by atoms with Crippen LogP contribution in [0.1, 0.15) is 59.3 Å². The van der Waals surface area contributed by atoms with Crippen molar-refractivity contribution < 1.29 is 0 Å². The summed E-state index contributed by atoms with van der Waals surface area (Å²) in [7, 11) is 0. The Labute approximate surface area is 94.1 Å². The molecule has 1 spiro atoms. The molecule has 0 aromatic heterocycles. The Kier molecular flexibility index (Phi) is 1.92. The summed E-state index contributed by atoms with van der Waals surface area (Å²) in [5, 5.41) is 0. The predicted octanol–water partition coefficient (Wildman–Crippen LogP) is 4.56. The summed E-state index contributed by atoms with van der Waals surface area (Å²) in [4.78, 5) is 0. The van der Waals surface area contributed by atoms with E-state index in [4.69, 9.17) is 0 Å². The summed E-state index contributed by atoms with van der Waals surface area (Å²) < 4.78 is 0. The first kappa shape index (κ1) is 9.93. The first-order valence-corrected chi connectivity index (χ1v) is 6.75. The van der Waals surface area contributed by atoms with Gasteiger partial charge in [0.25, 0.3) is 0 Å². The molecule has 0 radical (unpaired) electrons. The third kappa shape index (κ3) is 1.26. The predicted molar refractivity (Wildman–Crippen MR) is 64.7 cm³/mol. The molecule has 0 N–H and O–H groups in total. The van der Waals surface area contributed by atoms with Gasteiger partial charge in [0.15, 0.2) is 0 Å². The number of allylic oxidation sites excluding steroid dienone is 2. The molecule has 2 fully saturated rings. The lowest BCUT2D eigenvalue weighted by Crippen LogP contribution is -2.37. The van der Waals surface area contributed by atoms with Crippen molar-refractivity contribution in [2.24, 2.45) is 22.7 Å². The lowest BCUT2D eigenvalue weighted by atomic mass is 9.56. The van der Waals surface area contributed by atoms with Crippen molar-refractivity contribution in [3.8, 4) is 0 Å². The number of hydrogen-bond donors (Lipinski definition) is 0. The molecule has 3 aliphatic rings. The fourth-order valence-electron chi connectivity index (χ4n) is 4.90. The maximum Gasteiger partial charge on any atom is -0.00773 e. The van der Waals surface area contributed by atoms with Gasteiger partial charge in [0.1, 0.15) is 0 Å². The lowest BCUT2D eigenvalue weighted by molar-refractivity contribution is 0.0867. The van der Waals surface area contributed by atoms with Crippen LogP contribution in [0.2, 0.25) is 0 Å². The van der Waals surface area contributed by atoms with Gasteiger partial charge in [0.2, 0.25) is 0 Å². The molecule has 3 rings (SSSR count). The average molecular weight is 204 g/mol. The smallest absolute Gasteiger partial charge is 0.00773 e. The van der Waals surface area contributed by atoms with E-state index in [1.54, 1.807) is 0 Å². The Morgan fingerprint density at radius 1 is 1.27 bits per heavy atom. The summed E-state index contributed by atoms with van der Waals surface area (Å²) in [6, 6.07) is 0. The van der Waals surface area contributed by atoms with Gasteiger partial charge < -0.3 is 0 Å². The minimum atomic E-state index is 0.657. The Morgan fingerprint density at radius 3 is 2.87 bits per heavy atom. The van der Waals surface area contributed by atoms with E-state index in [1.807, 2.05) is 5.57 Å². The molecule has 3 aliphatic carbocycles. The summed E-state index contributed by atoms with van der Waals surface area (Å²) in [5.74, 6) is 1.80. The number of rotatable bonds is 0. The second-order valence-corrected chi connectivity index (χ2v) is 6.95. The van der Waals surface area contributed by atoms with E-state index in [0.29, 0.717) is 10.8 Å². The highest BCUT2D eigenvalue weighted by atomic mass is 14.6. The van der Waals surface area contributed by atoms with E-state index in [9.17, 15) is 0 Å². The molecule has 0 aliphatic heterocycles. The molecule has 2 saturated carbocycles. The summed E-state index contributed by atoms with van der Waals surface area (Å²) in [6.45, 7) is 7.45. The highest BCUT2D eigenvalue weighted by Crippen LogP contribution is 2.64. The maximum absolute atomic E-state index is 2.64. The number of fused-ring (bicyclic) bond motifs is 1. The highest BCUT2D eigenvalue weighted by molar-refractivity contribution is 5.29. The van der Waals surface area contributed by atoms with Crippen LogP contribution in [0.15, 0.2) is 11.6 Å². The van der Waals surface area contributed by atoms with Gasteiger partial charge in [-0.1, -0.05) is 38.8 Å². The average Bonchev–Trinajstić information content (AvgIpc) is 2.36. The van der Waals surface area contributed by atoms with E-state index in [1.165, 1.54) is 38.5 Å². The van der Waals surface area contributed by atoms with Crippen molar-refractivity contribution in [3.63, 3.8) is 0 Å². The van der Waals surface area contributed by atoms with Crippen LogP contribution >= 0.6 is 0 Å². The molecule has 0 aromatic carbocycles. The van der Waals surface area contributed by atoms with Gasteiger partial charge >= 0.3 is 0 Å². The van der Waals surface area contributed by atoms with Gasteiger partial charge in [-0.05, 0) is 54.8 Å². The first-order chi connectivity index (χ1) is 7.05. The van der Waals surface area contributed by atoms with Crippen molar-refractivity contribution in [3.05, 3.63) is 11.6 Å². The zero-order valence-corrected chi connectivity index (χ0v) is 10.5. The Balaban J connectivity index is 2.03. The van der Waals surface area contributed by atoms with E-state index < -0.39 is 0 Å². The Bertz CT molecular complexity index is 314. The van der Waals surface area contributed by atoms with Crippen LogP contribution in [0.3, 0.4) is 0 Å². The van der Waals surface area contributed by atoms with Gasteiger partial charge in [-0.3, -0.25) is 0 Å². The van der Waals surface area contributed by atoms with Crippen LogP contribution in [-0.2, 0) is 0 Å². The van der Waals surface area contributed by atoms with Crippen LogP contribution in [-0.4, -0.2) is 0 Å². The van der Waals surface area contributed by atoms with E-state index >= 15 is 0 Å². The molecule has 15 heavy (non-hydrogen) atoms. The SMILES string of the molecule is CC1CC23CCCC(C)(CC=C2C1C)C3. The molecule has 0 aromatic rings. The molecule has 0 amide bonds. The zero-order chi connectivity index (χ0) is 10.7. The van der Waals surface area contributed by atoms with Crippen LogP contribution in [0.4, 0.5) is 0 Å². The Hall–Kier alpha value is -0.260. The van der Waals surface area contributed by atoms with E-state index in [0.717, 1.165) is 11.8 Å². The lowest BCUT2D eigenvalue weighted by Gasteiger charge is -2.49. The van der Waals surface area contributed by atoms with E-state index in [2.05, 4.69) is 26.8 Å². The molecular formula is C15H24. The molecule has 0 heteroatoms. The molecule has 2 bridgehead atoms. The largest absolute Gasteiger partial charge is 0.0839 e. The molecule has 0 saturated heterocycles. The van der Waals surface area contributed by atoms with Gasteiger partial charge in [0, 0.05) is 0 Å². The van der Waals surface area contributed by atoms with Gasteiger partial charge in [-0.25, -0.2) is 0 Å². The molecular weight excluding hydrogens is 180 g/mol. The fourth-order valence-corrected chi connectivity index (χ4v) is 4.90. The zero-order valence-electron chi connectivity index (χ0n) is 10.5. The van der Waals surface area contributed by atoms with Crippen molar-refractivity contribution in [2.75, 3.05) is 0 Å². The second-order valence-electron chi connectivity index (χ2n) is 6.95. The van der Waals surface area contributed by atoms with Crippen LogP contribution in [0, 0.1) is 22.7 Å². The summed E-state index contributed by atoms with van der Waals surface area (Å²) in [6.07, 6.45) is 11.4.